The van der Waals surface area contributed by atoms with Crippen LogP contribution in [-0.4, -0.2) is 28.2 Å². The van der Waals surface area contributed by atoms with E-state index < -0.39 is 6.16 Å². The summed E-state index contributed by atoms with van der Waals surface area (Å²) in [6, 6.07) is 11.4. The molecule has 2 heterocycles. The smallest absolute Gasteiger partial charge is 0.497 e. The Balaban J connectivity index is 2.17. The number of nitrogens with zero attached hydrogens (tertiary/aromatic N) is 2. The molecule has 0 aliphatic heterocycles. The van der Waals surface area contributed by atoms with Crippen LogP contribution in [0.2, 0.25) is 0 Å². The van der Waals surface area contributed by atoms with Crippen LogP contribution in [-0.2, 0) is 0 Å². The number of rotatable bonds is 4. The number of methoxy groups -OCH3 is 1. The molecular formula is C17H16N2O4S. The average molecular weight is 344 g/mol. The Hall–Kier alpha value is -2.80. The molecule has 3 rings (SSSR count). The normalized spacial score (nSPS) is 10.6. The Morgan fingerprint density at radius 2 is 1.88 bits per heavy atom. The van der Waals surface area contributed by atoms with Crippen molar-refractivity contribution >= 4 is 17.5 Å². The van der Waals surface area contributed by atoms with Crippen LogP contribution in [0, 0.1) is 13.8 Å². The number of benzene rings is 1. The predicted octanol–water partition coefficient (Wildman–Crippen LogP) is 4.28. The molecule has 0 atom stereocenters. The SMILES string of the molecule is COc1ccc(-n2nc(OC(=O)O)c(C)c2-c2ccc(C)s2)cc1. The maximum atomic E-state index is 10.9. The quantitative estimate of drug-likeness (QED) is 0.715. The van der Waals surface area contributed by atoms with Crippen molar-refractivity contribution in [2.45, 2.75) is 13.8 Å². The summed E-state index contributed by atoms with van der Waals surface area (Å²) in [6.45, 7) is 3.82. The fourth-order valence-corrected chi connectivity index (χ4v) is 3.37. The summed E-state index contributed by atoms with van der Waals surface area (Å²) in [7, 11) is 1.60. The van der Waals surface area contributed by atoms with Crippen molar-refractivity contribution in [1.82, 2.24) is 9.78 Å². The zero-order valence-corrected chi connectivity index (χ0v) is 14.3. The third-order valence-corrected chi connectivity index (χ3v) is 4.56. The number of hydrogen-bond acceptors (Lipinski definition) is 5. The molecule has 0 spiro atoms. The van der Waals surface area contributed by atoms with Crippen LogP contribution in [0.3, 0.4) is 0 Å². The van der Waals surface area contributed by atoms with Crippen LogP contribution >= 0.6 is 11.3 Å². The number of aromatic nitrogens is 2. The van der Waals surface area contributed by atoms with Gasteiger partial charge >= 0.3 is 6.16 Å². The molecule has 124 valence electrons. The Morgan fingerprint density at radius 1 is 1.17 bits per heavy atom. The standard InChI is InChI=1S/C17H16N2O4S/c1-10-4-9-14(24-10)15-11(2)16(23-17(20)21)18-19(15)12-5-7-13(22-3)8-6-12/h4-9H,1-3H3,(H,20,21). The molecule has 0 fully saturated rings. The van der Waals surface area contributed by atoms with Gasteiger partial charge in [-0.15, -0.1) is 16.4 Å². The number of thiophene rings is 1. The first-order chi connectivity index (χ1) is 11.5. The maximum absolute atomic E-state index is 10.9. The molecule has 0 unspecified atom stereocenters. The molecule has 0 amide bonds. The van der Waals surface area contributed by atoms with Gasteiger partial charge in [-0.1, -0.05) is 0 Å². The van der Waals surface area contributed by atoms with E-state index >= 15 is 0 Å². The van der Waals surface area contributed by atoms with Crippen LogP contribution in [0.4, 0.5) is 4.79 Å². The number of aryl methyl sites for hydroxylation is 1. The fourth-order valence-electron chi connectivity index (χ4n) is 2.42. The molecule has 24 heavy (non-hydrogen) atoms. The number of ether oxygens (including phenoxy) is 2. The van der Waals surface area contributed by atoms with E-state index in [9.17, 15) is 4.79 Å². The number of carboxylic acid groups (broad SMARTS) is 1. The van der Waals surface area contributed by atoms with Gasteiger partial charge in [-0.05, 0) is 50.2 Å². The van der Waals surface area contributed by atoms with Crippen LogP contribution in [0.25, 0.3) is 16.3 Å². The van der Waals surface area contributed by atoms with Gasteiger partial charge in [-0.25, -0.2) is 9.48 Å². The highest BCUT2D eigenvalue weighted by molar-refractivity contribution is 7.15. The summed E-state index contributed by atoms with van der Waals surface area (Å²) in [6.07, 6.45) is -1.38. The van der Waals surface area contributed by atoms with E-state index in [1.807, 2.05) is 43.3 Å². The summed E-state index contributed by atoms with van der Waals surface area (Å²) in [5, 5.41) is 13.3. The first-order valence-corrected chi connectivity index (χ1v) is 8.03. The predicted molar refractivity (Wildman–Crippen MR) is 91.6 cm³/mol. The molecule has 0 bridgehead atoms. The van der Waals surface area contributed by atoms with E-state index in [2.05, 4.69) is 5.10 Å². The van der Waals surface area contributed by atoms with E-state index in [1.165, 1.54) is 0 Å². The van der Waals surface area contributed by atoms with Gasteiger partial charge in [0.15, 0.2) is 0 Å². The molecule has 1 N–H and O–H groups in total. The maximum Gasteiger partial charge on any atom is 0.512 e. The van der Waals surface area contributed by atoms with Crippen molar-refractivity contribution in [1.29, 1.82) is 0 Å². The van der Waals surface area contributed by atoms with E-state index in [0.29, 0.717) is 5.56 Å². The Bertz CT molecular complexity index is 881. The molecule has 0 aliphatic carbocycles. The van der Waals surface area contributed by atoms with Crippen molar-refractivity contribution in [2.75, 3.05) is 7.11 Å². The van der Waals surface area contributed by atoms with Gasteiger partial charge in [0, 0.05) is 10.4 Å². The third kappa shape index (κ3) is 2.98. The number of hydrogen-bond donors (Lipinski definition) is 1. The van der Waals surface area contributed by atoms with E-state index in [0.717, 1.165) is 26.9 Å². The van der Waals surface area contributed by atoms with Crippen molar-refractivity contribution < 1.29 is 19.4 Å². The van der Waals surface area contributed by atoms with Crippen molar-refractivity contribution in [3.05, 3.63) is 46.8 Å². The highest BCUT2D eigenvalue weighted by atomic mass is 32.1. The minimum absolute atomic E-state index is 0.0828. The zero-order valence-electron chi connectivity index (χ0n) is 13.4. The van der Waals surface area contributed by atoms with Gasteiger partial charge in [-0.2, -0.15) is 0 Å². The first kappa shape index (κ1) is 16.1. The van der Waals surface area contributed by atoms with Gasteiger partial charge in [-0.3, -0.25) is 0 Å². The Labute approximate surface area is 142 Å². The van der Waals surface area contributed by atoms with E-state index in [1.54, 1.807) is 30.1 Å². The monoisotopic (exact) mass is 344 g/mol. The summed E-state index contributed by atoms with van der Waals surface area (Å²) in [4.78, 5) is 13.1. The van der Waals surface area contributed by atoms with Crippen molar-refractivity contribution in [3.63, 3.8) is 0 Å². The Morgan fingerprint density at radius 3 is 2.42 bits per heavy atom. The minimum Gasteiger partial charge on any atom is -0.497 e. The number of carbonyl (C=O) groups is 1. The molecule has 6 nitrogen and oxygen atoms in total. The van der Waals surface area contributed by atoms with Crippen molar-refractivity contribution in [3.8, 4) is 27.9 Å². The molecular weight excluding hydrogens is 328 g/mol. The van der Waals surface area contributed by atoms with Gasteiger partial charge in [0.2, 0.25) is 5.88 Å². The highest BCUT2D eigenvalue weighted by Gasteiger charge is 2.21. The van der Waals surface area contributed by atoms with E-state index in [-0.39, 0.29) is 5.88 Å². The summed E-state index contributed by atoms with van der Waals surface area (Å²) >= 11 is 1.62. The molecule has 2 aromatic heterocycles. The van der Waals surface area contributed by atoms with Gasteiger partial charge in [0.25, 0.3) is 0 Å². The third-order valence-electron chi connectivity index (χ3n) is 3.55. The molecule has 3 aromatic rings. The molecule has 0 saturated heterocycles. The highest BCUT2D eigenvalue weighted by Crippen LogP contribution is 2.36. The Kier molecular flexibility index (Phi) is 4.26. The fraction of sp³-hybridized carbons (Fsp3) is 0.176. The van der Waals surface area contributed by atoms with E-state index in [4.69, 9.17) is 14.6 Å². The largest absolute Gasteiger partial charge is 0.512 e. The summed E-state index contributed by atoms with van der Waals surface area (Å²) in [5.74, 6) is 0.817. The van der Waals surface area contributed by atoms with Crippen LogP contribution in [0.15, 0.2) is 36.4 Å². The lowest BCUT2D eigenvalue weighted by molar-refractivity contribution is 0.142. The van der Waals surface area contributed by atoms with Gasteiger partial charge in [0.05, 0.1) is 23.4 Å². The summed E-state index contributed by atoms with van der Waals surface area (Å²) in [5.41, 5.74) is 2.28. The lowest BCUT2D eigenvalue weighted by Crippen LogP contribution is -2.05. The van der Waals surface area contributed by atoms with Crippen molar-refractivity contribution in [2.24, 2.45) is 0 Å². The molecule has 0 radical (unpaired) electrons. The second-order valence-electron chi connectivity index (χ2n) is 5.17. The second-order valence-corrected chi connectivity index (χ2v) is 6.45. The molecule has 7 heteroatoms. The van der Waals surface area contributed by atoms with Crippen LogP contribution in [0.5, 0.6) is 11.6 Å². The molecule has 1 aromatic carbocycles. The second kappa shape index (κ2) is 6.37. The lowest BCUT2D eigenvalue weighted by Gasteiger charge is -2.07. The van der Waals surface area contributed by atoms with Crippen LogP contribution in [0.1, 0.15) is 10.4 Å². The zero-order chi connectivity index (χ0) is 17.3. The van der Waals surface area contributed by atoms with Gasteiger partial charge in [0.1, 0.15) is 5.75 Å². The molecule has 0 aliphatic rings. The first-order valence-electron chi connectivity index (χ1n) is 7.21. The lowest BCUT2D eigenvalue weighted by atomic mass is 10.2. The average Bonchev–Trinajstić information content (AvgIpc) is 3.11. The topological polar surface area (TPSA) is 73.6 Å². The summed E-state index contributed by atoms with van der Waals surface area (Å²) < 4.78 is 11.7. The molecule has 0 saturated carbocycles. The minimum atomic E-state index is -1.38. The van der Waals surface area contributed by atoms with Gasteiger partial charge < -0.3 is 14.6 Å². The van der Waals surface area contributed by atoms with Crippen LogP contribution < -0.4 is 9.47 Å².